The lowest BCUT2D eigenvalue weighted by Gasteiger charge is -2.22. The van der Waals surface area contributed by atoms with Crippen molar-refractivity contribution >= 4 is 52.1 Å². The fraction of sp³-hybridized carbons (Fsp3) is 0.200. The van der Waals surface area contributed by atoms with Gasteiger partial charge in [0.2, 0.25) is 11.9 Å². The summed E-state index contributed by atoms with van der Waals surface area (Å²) in [6.07, 6.45) is -2.15. The van der Waals surface area contributed by atoms with Gasteiger partial charge in [0.25, 0.3) is 0 Å². The summed E-state index contributed by atoms with van der Waals surface area (Å²) in [7, 11) is 0. The molecule has 0 aliphatic heterocycles. The van der Waals surface area contributed by atoms with Crippen molar-refractivity contribution in [2.75, 3.05) is 22.1 Å². The van der Waals surface area contributed by atoms with Crippen LogP contribution in [0.3, 0.4) is 0 Å². The minimum absolute atomic E-state index is 0.0941. The van der Waals surface area contributed by atoms with E-state index in [2.05, 4.69) is 27.2 Å². The normalized spacial score (nSPS) is 11.1. The van der Waals surface area contributed by atoms with Crippen molar-refractivity contribution in [3.63, 3.8) is 0 Å². The third-order valence-corrected chi connectivity index (χ3v) is 5.45. The van der Waals surface area contributed by atoms with E-state index in [1.54, 1.807) is 31.2 Å². The number of halogens is 4. The third kappa shape index (κ3) is 6.39. The number of hydrogen-bond donors (Lipinski definition) is 2. The molecule has 0 spiro atoms. The molecule has 0 radical (unpaired) electrons. The third-order valence-electron chi connectivity index (χ3n) is 5.17. The van der Waals surface area contributed by atoms with Crippen LogP contribution in [0.4, 0.5) is 42.0 Å². The summed E-state index contributed by atoms with van der Waals surface area (Å²) in [5, 5.41) is 5.72. The molecule has 7 nitrogen and oxygen atoms in total. The van der Waals surface area contributed by atoms with Crippen molar-refractivity contribution in [1.29, 1.82) is 0 Å². The molecule has 1 aromatic heterocycles. The van der Waals surface area contributed by atoms with Gasteiger partial charge in [0, 0.05) is 31.3 Å². The van der Waals surface area contributed by atoms with E-state index in [0.29, 0.717) is 11.3 Å². The molecule has 1 heterocycles. The van der Waals surface area contributed by atoms with Gasteiger partial charge < -0.3 is 15.5 Å². The van der Waals surface area contributed by atoms with Crippen molar-refractivity contribution < 1.29 is 22.8 Å². The first-order chi connectivity index (χ1) is 17.0. The molecule has 1 amide bonds. The largest absolute Gasteiger partial charge is 0.418 e. The van der Waals surface area contributed by atoms with Crippen LogP contribution in [0.25, 0.3) is 0 Å². The van der Waals surface area contributed by atoms with Gasteiger partial charge in [-0.3, -0.25) is 9.59 Å². The lowest BCUT2D eigenvalue weighted by Crippen LogP contribution is -2.28. The van der Waals surface area contributed by atoms with Crippen LogP contribution < -0.4 is 15.5 Å². The zero-order chi connectivity index (χ0) is 26.5. The predicted molar refractivity (Wildman–Crippen MR) is 134 cm³/mol. The van der Waals surface area contributed by atoms with Gasteiger partial charge in [-0.05, 0) is 42.8 Å². The average molecular weight is 518 g/mol. The highest BCUT2D eigenvalue weighted by Gasteiger charge is 2.34. The highest BCUT2D eigenvalue weighted by molar-refractivity contribution is 6.33. The number of ketones is 1. The molecule has 188 valence electrons. The Hall–Kier alpha value is -3.92. The zero-order valence-corrected chi connectivity index (χ0v) is 20.2. The molecule has 36 heavy (non-hydrogen) atoms. The number of amides is 1. The first kappa shape index (κ1) is 26.7. The average Bonchev–Trinajstić information content (AvgIpc) is 2.82. The molecule has 0 saturated carbocycles. The van der Waals surface area contributed by atoms with Gasteiger partial charge in [-0.15, -0.1) is 0 Å². The standard InChI is InChI=1S/C25H23ClF3N5O2/c1-4-18(36)12-16-8-6-7-9-21(16)31-23-20(26)14-30-24(33-23)32-22-11-10-17(34(5-2)15(3)35)13-19(22)25(27,28)29/h4,6-11,13-14H,1,5,12H2,2-3H3,(H2,30,31,32,33). The maximum absolute atomic E-state index is 13.9. The number of anilines is 5. The molecule has 2 aromatic carbocycles. The van der Waals surface area contributed by atoms with E-state index in [4.69, 9.17) is 11.6 Å². The zero-order valence-electron chi connectivity index (χ0n) is 19.5. The summed E-state index contributed by atoms with van der Waals surface area (Å²) in [6, 6.07) is 10.5. The molecule has 0 saturated heterocycles. The molecule has 0 bridgehead atoms. The van der Waals surface area contributed by atoms with Crippen LogP contribution in [0.2, 0.25) is 5.02 Å². The molecule has 3 rings (SSSR count). The van der Waals surface area contributed by atoms with E-state index in [9.17, 15) is 22.8 Å². The van der Waals surface area contributed by atoms with E-state index in [-0.39, 0.29) is 52.8 Å². The Morgan fingerprint density at radius 1 is 1.14 bits per heavy atom. The Labute approximate surface area is 211 Å². The Balaban J connectivity index is 1.95. The molecule has 0 fully saturated rings. The second kappa shape index (κ2) is 11.2. The molecule has 0 atom stereocenters. The molecule has 0 unspecified atom stereocenters. The quantitative estimate of drug-likeness (QED) is 0.324. The number of carbonyl (C=O) groups excluding carboxylic acids is 2. The number of nitrogens with zero attached hydrogens (tertiary/aromatic N) is 3. The van der Waals surface area contributed by atoms with Crippen LogP contribution in [0.15, 0.2) is 61.3 Å². The number of hydrogen-bond acceptors (Lipinski definition) is 6. The number of alkyl halides is 3. The first-order valence-corrected chi connectivity index (χ1v) is 11.2. The van der Waals surface area contributed by atoms with E-state index in [1.807, 2.05) is 0 Å². The van der Waals surface area contributed by atoms with Crippen LogP contribution in [0, 0.1) is 0 Å². The molecule has 3 aromatic rings. The van der Waals surface area contributed by atoms with E-state index in [0.717, 1.165) is 6.07 Å². The molecular weight excluding hydrogens is 495 g/mol. The van der Waals surface area contributed by atoms with Gasteiger partial charge in [-0.25, -0.2) is 4.98 Å². The van der Waals surface area contributed by atoms with Crippen LogP contribution in [0.5, 0.6) is 0 Å². The smallest absolute Gasteiger partial charge is 0.339 e. The van der Waals surface area contributed by atoms with Crippen LogP contribution >= 0.6 is 11.6 Å². The van der Waals surface area contributed by atoms with Crippen molar-refractivity contribution in [1.82, 2.24) is 9.97 Å². The number of rotatable bonds is 9. The number of allylic oxidation sites excluding steroid dienone is 1. The summed E-state index contributed by atoms with van der Waals surface area (Å²) in [5.74, 6) is -0.571. The van der Waals surface area contributed by atoms with E-state index in [1.165, 1.54) is 36.2 Å². The Kier molecular flexibility index (Phi) is 8.31. The molecule has 0 aliphatic carbocycles. The molecule has 0 aliphatic rings. The Bertz CT molecular complexity index is 1300. The number of carbonyl (C=O) groups is 2. The van der Waals surface area contributed by atoms with Gasteiger partial charge >= 0.3 is 6.18 Å². The summed E-state index contributed by atoms with van der Waals surface area (Å²) in [4.78, 5) is 33.1. The minimum Gasteiger partial charge on any atom is -0.339 e. The Morgan fingerprint density at radius 3 is 2.50 bits per heavy atom. The highest BCUT2D eigenvalue weighted by Crippen LogP contribution is 2.38. The minimum atomic E-state index is -4.71. The lowest BCUT2D eigenvalue weighted by molar-refractivity contribution is -0.137. The second-order valence-electron chi connectivity index (χ2n) is 7.64. The topological polar surface area (TPSA) is 87.2 Å². The number of para-hydroxylation sites is 1. The molecule has 2 N–H and O–H groups in total. The molecule has 11 heteroatoms. The number of benzene rings is 2. The molecular formula is C25H23ClF3N5O2. The van der Waals surface area contributed by atoms with Crippen molar-refractivity contribution in [2.45, 2.75) is 26.4 Å². The fourth-order valence-corrected chi connectivity index (χ4v) is 3.59. The van der Waals surface area contributed by atoms with Gasteiger partial charge in [0.1, 0.15) is 5.02 Å². The summed E-state index contributed by atoms with van der Waals surface area (Å²) < 4.78 is 41.6. The summed E-state index contributed by atoms with van der Waals surface area (Å²) in [6.45, 7) is 6.64. The lowest BCUT2D eigenvalue weighted by atomic mass is 10.1. The predicted octanol–water partition coefficient (Wildman–Crippen LogP) is 6.31. The SMILES string of the molecule is C=CC(=O)Cc1ccccc1Nc1nc(Nc2ccc(N(CC)C(C)=O)cc2C(F)(F)F)ncc1Cl. The van der Waals surface area contributed by atoms with Crippen LogP contribution in [-0.2, 0) is 22.2 Å². The van der Waals surface area contributed by atoms with Crippen molar-refractivity contribution in [2.24, 2.45) is 0 Å². The van der Waals surface area contributed by atoms with Gasteiger partial charge in [-0.2, -0.15) is 18.2 Å². The second-order valence-corrected chi connectivity index (χ2v) is 8.04. The fourth-order valence-electron chi connectivity index (χ4n) is 3.45. The summed E-state index contributed by atoms with van der Waals surface area (Å²) >= 11 is 6.22. The van der Waals surface area contributed by atoms with Crippen LogP contribution in [0.1, 0.15) is 25.0 Å². The van der Waals surface area contributed by atoms with Gasteiger partial charge in [-0.1, -0.05) is 36.4 Å². The van der Waals surface area contributed by atoms with E-state index < -0.39 is 11.7 Å². The van der Waals surface area contributed by atoms with E-state index >= 15 is 0 Å². The van der Waals surface area contributed by atoms with Crippen LogP contribution in [-0.4, -0.2) is 28.2 Å². The van der Waals surface area contributed by atoms with Gasteiger partial charge in [0.05, 0.1) is 17.4 Å². The maximum atomic E-state index is 13.9. The van der Waals surface area contributed by atoms with Gasteiger partial charge in [0.15, 0.2) is 11.6 Å². The monoisotopic (exact) mass is 517 g/mol. The van der Waals surface area contributed by atoms with Crippen molar-refractivity contribution in [3.05, 3.63) is 77.5 Å². The number of aromatic nitrogens is 2. The summed E-state index contributed by atoms with van der Waals surface area (Å²) in [5.41, 5.74) is 0.0426. The Morgan fingerprint density at radius 2 is 1.86 bits per heavy atom. The maximum Gasteiger partial charge on any atom is 0.418 e. The first-order valence-electron chi connectivity index (χ1n) is 10.8. The highest BCUT2D eigenvalue weighted by atomic mass is 35.5. The van der Waals surface area contributed by atoms with Crippen molar-refractivity contribution in [3.8, 4) is 0 Å². The number of nitrogens with one attached hydrogen (secondary N) is 2.